The monoisotopic (exact) mass is 1100 g/mol. The van der Waals surface area contributed by atoms with Gasteiger partial charge in [0.2, 0.25) is 5.78 Å². The first kappa shape index (κ1) is 61.2. The predicted octanol–water partition coefficient (Wildman–Crippen LogP) is 7.28. The standard InChI is InChI=1S/C61H94O17/c1-14-39-21-38(28-62)19-31(5)53(75-47-24-44(66)54(36(10)73-47)76-48-25-45(71-13)55(37(11)74-48)77-46-23-43(65)52(67)35(9)72-46)29(3)17-16-18-59(12)26-32(6)33(7)27-61(59)57(69)49(58(70)78-61)56(68)60(15-2)50(39)30(4)20-40-42(64)22-41(63)34(8)51(40)60/h20-21,26,29,31,33-38,40,42-48,50-55,62,64-68H,14-19,22-25,27-28H2,1-13H3/b39-21+,56-49+/t29?,31?,33?,34?,35-,36-,37-,38?,40?,42?,43+,44+,45-,46+,47+,48-,50?,51?,52-,53?,54-,55-,59?,60?,61?/m1/s1. The van der Waals surface area contributed by atoms with Gasteiger partial charge >= 0.3 is 5.97 Å². The molecule has 440 valence electrons. The maximum atomic E-state index is 15.7. The second-order valence-electron chi connectivity index (χ2n) is 25.4. The minimum atomic E-state index is -1.62. The molecule has 4 aliphatic carbocycles. The number of hydrogen-bond acceptors (Lipinski definition) is 17. The highest BCUT2D eigenvalue weighted by Gasteiger charge is 2.67. The number of hydrogen-bond donors (Lipinski definition) is 6. The van der Waals surface area contributed by atoms with E-state index in [-0.39, 0.29) is 80.0 Å². The number of aliphatic hydroxyl groups excluding tert-OH is 6. The van der Waals surface area contributed by atoms with Crippen LogP contribution in [0.15, 0.2) is 46.3 Å². The third-order valence-electron chi connectivity index (χ3n) is 20.3. The van der Waals surface area contributed by atoms with Gasteiger partial charge in [0.25, 0.3) is 0 Å². The van der Waals surface area contributed by atoms with Crippen LogP contribution in [-0.4, -0.2) is 154 Å². The lowest BCUT2D eigenvalue weighted by Gasteiger charge is -2.56. The summed E-state index contributed by atoms with van der Waals surface area (Å²) in [6, 6.07) is 0. The number of fused-ring (bicyclic) bond motifs is 4. The Morgan fingerprint density at radius 3 is 1.97 bits per heavy atom. The zero-order valence-corrected chi connectivity index (χ0v) is 48.6. The van der Waals surface area contributed by atoms with Gasteiger partial charge < -0.3 is 68.5 Å². The van der Waals surface area contributed by atoms with Gasteiger partial charge in [-0.25, -0.2) is 4.79 Å². The summed E-state index contributed by atoms with van der Waals surface area (Å²) >= 11 is 0. The molecule has 5 fully saturated rings. The molecular weight excluding hydrogens is 1000 g/mol. The summed E-state index contributed by atoms with van der Waals surface area (Å²) in [5, 5.41) is 68.8. The molecule has 78 heavy (non-hydrogen) atoms. The van der Waals surface area contributed by atoms with Gasteiger partial charge in [-0.05, 0) is 90.4 Å². The third-order valence-corrected chi connectivity index (χ3v) is 20.3. The Hall–Kier alpha value is -2.91. The van der Waals surface area contributed by atoms with Gasteiger partial charge in [0, 0.05) is 80.3 Å². The molecule has 25 atom stereocenters. The molecule has 0 radical (unpaired) electrons. The Balaban J connectivity index is 1.09. The molecule has 0 aromatic heterocycles. The molecule has 0 aromatic carbocycles. The lowest BCUT2D eigenvalue weighted by atomic mass is 9.47. The Morgan fingerprint density at radius 1 is 0.744 bits per heavy atom. The van der Waals surface area contributed by atoms with E-state index in [0.717, 1.165) is 16.7 Å². The molecule has 0 aromatic rings. The van der Waals surface area contributed by atoms with Gasteiger partial charge in [-0.3, -0.25) is 9.59 Å². The average molecular weight is 1100 g/mol. The molecule has 6 N–H and O–H groups in total. The van der Waals surface area contributed by atoms with Crippen molar-refractivity contribution >= 4 is 17.5 Å². The van der Waals surface area contributed by atoms with Crippen molar-refractivity contribution in [3.63, 3.8) is 0 Å². The van der Waals surface area contributed by atoms with Crippen molar-refractivity contribution in [3.05, 3.63) is 46.3 Å². The first-order valence-corrected chi connectivity index (χ1v) is 29.4. The third kappa shape index (κ3) is 11.1. The van der Waals surface area contributed by atoms with Crippen LogP contribution in [-0.2, 0) is 52.3 Å². The number of rotatable bonds is 10. The molecule has 1 saturated carbocycles. The number of allylic oxidation sites excluding steroid dienone is 4. The van der Waals surface area contributed by atoms with Crippen LogP contribution < -0.4 is 0 Å². The minimum absolute atomic E-state index is 0.0414. The number of carbonyl (C=O) groups is 3. The van der Waals surface area contributed by atoms with E-state index in [9.17, 15) is 40.2 Å². The van der Waals surface area contributed by atoms with Crippen LogP contribution in [0, 0.1) is 58.2 Å². The first-order valence-electron chi connectivity index (χ1n) is 29.4. The molecule has 0 amide bonds. The molecule has 2 bridgehead atoms. The highest BCUT2D eigenvalue weighted by molar-refractivity contribution is 6.26. The number of Topliss-reactive ketones (excluding diaryl/α,β-unsaturated/α-hetero) is 2. The summed E-state index contributed by atoms with van der Waals surface area (Å²) in [7, 11) is 1.57. The van der Waals surface area contributed by atoms with Crippen LogP contribution >= 0.6 is 0 Å². The summed E-state index contributed by atoms with van der Waals surface area (Å²) in [6.45, 7) is 23.2. The summed E-state index contributed by atoms with van der Waals surface area (Å²) in [6.07, 6.45) is -0.691. The van der Waals surface area contributed by atoms with Gasteiger partial charge in [-0.15, -0.1) is 0 Å². The van der Waals surface area contributed by atoms with Crippen LogP contribution in [0.4, 0.5) is 0 Å². The van der Waals surface area contributed by atoms with E-state index in [1.54, 1.807) is 14.0 Å². The smallest absolute Gasteiger partial charge is 0.346 e. The van der Waals surface area contributed by atoms with Gasteiger partial charge in [0.15, 0.2) is 24.5 Å². The number of esters is 1. The van der Waals surface area contributed by atoms with E-state index in [2.05, 4.69) is 26.0 Å². The van der Waals surface area contributed by atoms with Gasteiger partial charge in [0.05, 0.1) is 48.8 Å². The molecule has 13 unspecified atom stereocenters. The fourth-order valence-electron chi connectivity index (χ4n) is 16.0. The van der Waals surface area contributed by atoms with Crippen molar-refractivity contribution in [3.8, 4) is 0 Å². The Kier molecular flexibility index (Phi) is 18.9. The zero-order valence-electron chi connectivity index (χ0n) is 48.6. The van der Waals surface area contributed by atoms with Crippen LogP contribution in [0.5, 0.6) is 0 Å². The zero-order chi connectivity index (χ0) is 57.1. The van der Waals surface area contributed by atoms with Crippen molar-refractivity contribution in [2.24, 2.45) is 58.2 Å². The van der Waals surface area contributed by atoms with Crippen LogP contribution in [0.1, 0.15) is 154 Å². The van der Waals surface area contributed by atoms with E-state index >= 15 is 4.79 Å². The summed E-state index contributed by atoms with van der Waals surface area (Å²) < 4.78 is 51.0. The largest absolute Gasteiger partial charge is 0.511 e. The predicted molar refractivity (Wildman–Crippen MR) is 287 cm³/mol. The number of methoxy groups -OCH3 is 1. The second kappa shape index (κ2) is 24.1. The van der Waals surface area contributed by atoms with Gasteiger partial charge in [-0.2, -0.15) is 0 Å². The topological polar surface area (TPSA) is 246 Å². The van der Waals surface area contributed by atoms with E-state index in [1.165, 1.54) is 0 Å². The molecule has 1 spiro atoms. The molecule has 17 heteroatoms. The molecule has 4 saturated heterocycles. The molecule has 4 aliphatic heterocycles. The highest BCUT2D eigenvalue weighted by atomic mass is 16.7. The second-order valence-corrected chi connectivity index (χ2v) is 25.4. The number of aliphatic hydroxyl groups is 6. The van der Waals surface area contributed by atoms with Gasteiger partial charge in [0.1, 0.15) is 35.4 Å². The van der Waals surface area contributed by atoms with Crippen molar-refractivity contribution in [2.45, 2.75) is 245 Å². The number of carbonyl (C=O) groups excluding carboxylic acids is 3. The average Bonchev–Trinajstić information content (AvgIpc) is 3.88. The quantitative estimate of drug-likeness (QED) is 0.0715. The van der Waals surface area contributed by atoms with Crippen molar-refractivity contribution in [1.29, 1.82) is 0 Å². The maximum Gasteiger partial charge on any atom is 0.346 e. The minimum Gasteiger partial charge on any atom is -0.511 e. The lowest BCUT2D eigenvalue weighted by molar-refractivity contribution is -0.338. The van der Waals surface area contributed by atoms with Crippen LogP contribution in [0.3, 0.4) is 0 Å². The van der Waals surface area contributed by atoms with Crippen molar-refractivity contribution in [2.75, 3.05) is 13.7 Å². The Labute approximate surface area is 462 Å². The first-order chi connectivity index (χ1) is 36.8. The summed E-state index contributed by atoms with van der Waals surface area (Å²) in [5.74, 6) is -5.19. The van der Waals surface area contributed by atoms with Crippen LogP contribution in [0.2, 0.25) is 0 Å². The van der Waals surface area contributed by atoms with Crippen molar-refractivity contribution in [1.82, 2.24) is 0 Å². The molecule has 17 nitrogen and oxygen atoms in total. The van der Waals surface area contributed by atoms with E-state index in [4.69, 9.17) is 37.9 Å². The normalized spacial score (nSPS) is 49.5. The van der Waals surface area contributed by atoms with Crippen molar-refractivity contribution < 1.29 is 82.9 Å². The van der Waals surface area contributed by atoms with Gasteiger partial charge in [-0.1, -0.05) is 89.8 Å². The summed E-state index contributed by atoms with van der Waals surface area (Å²) in [5.41, 5.74) is -1.54. The number of ketones is 2. The van der Waals surface area contributed by atoms with E-state index in [1.807, 2.05) is 68.4 Å². The molecule has 8 aliphatic rings. The molecule has 4 heterocycles. The fraction of sp³-hybridized carbons (Fsp3) is 0.820. The maximum absolute atomic E-state index is 15.7. The van der Waals surface area contributed by atoms with E-state index in [0.29, 0.717) is 32.1 Å². The van der Waals surface area contributed by atoms with Crippen LogP contribution in [0.25, 0.3) is 0 Å². The molecular formula is C61H94O17. The lowest BCUT2D eigenvalue weighted by Crippen LogP contribution is -2.57. The fourth-order valence-corrected chi connectivity index (χ4v) is 16.0. The highest BCUT2D eigenvalue weighted by Crippen LogP contribution is 2.64. The van der Waals surface area contributed by atoms with E-state index < -0.39 is 144 Å². The summed E-state index contributed by atoms with van der Waals surface area (Å²) in [4.78, 5) is 44.3. The molecule has 8 rings (SSSR count). The number of ether oxygens (including phenoxy) is 8. The Morgan fingerprint density at radius 2 is 1.36 bits per heavy atom. The Bertz CT molecular complexity index is 2290. The SMILES string of the molecule is CC/C1=C\C(CO)CC(C)C(O[C@H]2C[C@H](O)[C@H](O[C@@H]3C[C@@H](OC)[C@H](O[C@H]4C[C@H](O)[C@H](O)[C@@H](C)O4)[C@@H](C)O3)[C@@H](C)O2)C(C)CCCC2(C)C=C(C)C(C)CC23OC(=O)/C(=C(/O)C2(CC)C1C(C)=CC1C(O)CC(=O)C(C)C12)C3=O.